The Balaban J connectivity index is 2.19. The van der Waals surface area contributed by atoms with Gasteiger partial charge >= 0.3 is 6.18 Å². The van der Waals surface area contributed by atoms with Gasteiger partial charge in [-0.3, -0.25) is 14.3 Å². The van der Waals surface area contributed by atoms with Gasteiger partial charge in [0.15, 0.2) is 10.4 Å². The van der Waals surface area contributed by atoms with Crippen LogP contribution in [-0.2, 0) is 6.18 Å². The second kappa shape index (κ2) is 7.62. The lowest BCUT2D eigenvalue weighted by atomic mass is 10.1. The molecule has 0 amide bonds. The van der Waals surface area contributed by atoms with E-state index in [9.17, 15) is 22.4 Å². The topological polar surface area (TPSA) is 59.9 Å². The number of methoxy groups -OCH3 is 1. The number of aromatic amines is 1. The van der Waals surface area contributed by atoms with Gasteiger partial charge in [-0.25, -0.2) is 9.37 Å². The van der Waals surface area contributed by atoms with Crippen molar-refractivity contribution in [2.45, 2.75) is 6.18 Å². The maximum Gasteiger partial charge on any atom is 0.417 e. The Kier molecular flexibility index (Phi) is 5.10. The lowest BCUT2D eigenvalue weighted by Gasteiger charge is -2.17. The maximum absolute atomic E-state index is 13.9. The van der Waals surface area contributed by atoms with E-state index in [1.165, 1.54) is 23.8 Å². The van der Waals surface area contributed by atoms with Gasteiger partial charge in [-0.05, 0) is 54.7 Å². The Morgan fingerprint density at radius 3 is 2.42 bits per heavy atom. The number of H-pyrrole nitrogens is 1. The number of rotatable bonds is 3. The quantitative estimate of drug-likeness (QED) is 0.343. The summed E-state index contributed by atoms with van der Waals surface area (Å²) in [6.45, 7) is 0. The van der Waals surface area contributed by atoms with E-state index in [2.05, 4.69) is 9.97 Å². The maximum atomic E-state index is 13.9. The second-order valence-electron chi connectivity index (χ2n) is 6.52. The van der Waals surface area contributed by atoms with E-state index < -0.39 is 28.5 Å². The molecule has 0 aliphatic heterocycles. The van der Waals surface area contributed by atoms with E-state index in [1.807, 2.05) is 0 Å². The fourth-order valence-electron chi connectivity index (χ4n) is 3.26. The van der Waals surface area contributed by atoms with Gasteiger partial charge in [0, 0.05) is 5.56 Å². The number of para-hydroxylation sites is 2. The number of hydrogen-bond acceptors (Lipinski definition) is 4. The van der Waals surface area contributed by atoms with Crippen LogP contribution < -0.4 is 10.3 Å². The zero-order valence-electron chi connectivity index (χ0n) is 15.8. The first-order valence-corrected chi connectivity index (χ1v) is 9.28. The van der Waals surface area contributed by atoms with Crippen LogP contribution in [0.15, 0.2) is 59.4 Å². The third-order valence-corrected chi connectivity index (χ3v) is 4.92. The predicted molar refractivity (Wildman–Crippen MR) is 109 cm³/mol. The average Bonchev–Trinajstić information content (AvgIpc) is 2.73. The molecular formula is C21H13F4N3O2S. The summed E-state index contributed by atoms with van der Waals surface area (Å²) in [4.78, 5) is 19.1. The van der Waals surface area contributed by atoms with Gasteiger partial charge in [-0.2, -0.15) is 13.2 Å². The summed E-state index contributed by atoms with van der Waals surface area (Å²) < 4.78 is 61.5. The molecule has 0 saturated heterocycles. The van der Waals surface area contributed by atoms with Crippen LogP contribution in [0.4, 0.5) is 17.6 Å². The Labute approximate surface area is 177 Å². The average molecular weight is 447 g/mol. The van der Waals surface area contributed by atoms with Crippen molar-refractivity contribution in [3.8, 4) is 22.7 Å². The number of ether oxygens (including phenoxy) is 1. The molecule has 0 aliphatic rings. The van der Waals surface area contributed by atoms with Gasteiger partial charge < -0.3 is 4.74 Å². The van der Waals surface area contributed by atoms with Crippen LogP contribution in [0, 0.1) is 10.6 Å². The number of nitrogens with zero attached hydrogens (tertiary/aromatic N) is 2. The predicted octanol–water partition coefficient (Wildman–Crippen LogP) is 5.28. The van der Waals surface area contributed by atoms with Crippen LogP contribution >= 0.6 is 12.2 Å². The molecule has 10 heteroatoms. The van der Waals surface area contributed by atoms with Gasteiger partial charge in [-0.15, -0.1) is 0 Å². The highest BCUT2D eigenvalue weighted by atomic mass is 32.1. The summed E-state index contributed by atoms with van der Waals surface area (Å²) in [6.07, 6.45) is -4.86. The Morgan fingerprint density at radius 1 is 1.10 bits per heavy atom. The number of nitrogens with one attached hydrogen (secondary N) is 1. The van der Waals surface area contributed by atoms with Crippen molar-refractivity contribution in [1.29, 1.82) is 0 Å². The highest BCUT2D eigenvalue weighted by molar-refractivity contribution is 7.71. The van der Waals surface area contributed by atoms with Crippen LogP contribution in [0.3, 0.4) is 0 Å². The first kappa shape index (κ1) is 20.7. The molecule has 0 radical (unpaired) electrons. The monoisotopic (exact) mass is 447 g/mol. The van der Waals surface area contributed by atoms with Crippen LogP contribution in [-0.4, -0.2) is 21.6 Å². The van der Waals surface area contributed by atoms with Gasteiger partial charge in [0.2, 0.25) is 0 Å². The van der Waals surface area contributed by atoms with Crippen LogP contribution in [0.1, 0.15) is 5.56 Å². The van der Waals surface area contributed by atoms with Gasteiger partial charge in [0.05, 0.1) is 29.4 Å². The zero-order valence-corrected chi connectivity index (χ0v) is 16.6. The highest BCUT2D eigenvalue weighted by Crippen LogP contribution is 2.36. The number of aromatic nitrogens is 3. The van der Waals surface area contributed by atoms with E-state index >= 15 is 0 Å². The Hall–Kier alpha value is -3.53. The zero-order chi connectivity index (χ0) is 22.3. The number of alkyl halides is 3. The smallest absolute Gasteiger partial charge is 0.417 e. The Bertz CT molecular complexity index is 1410. The minimum Gasteiger partial charge on any atom is -0.495 e. The molecule has 0 fully saturated rings. The molecule has 0 saturated carbocycles. The van der Waals surface area contributed by atoms with Gasteiger partial charge in [-0.1, -0.05) is 12.1 Å². The van der Waals surface area contributed by atoms with Crippen molar-refractivity contribution >= 4 is 23.3 Å². The third kappa shape index (κ3) is 3.70. The molecule has 1 N–H and O–H groups in total. The molecule has 2 aromatic carbocycles. The van der Waals surface area contributed by atoms with Crippen molar-refractivity contribution in [2.24, 2.45) is 0 Å². The summed E-state index contributed by atoms with van der Waals surface area (Å²) in [5, 5.41) is -0.669. The summed E-state index contributed by atoms with van der Waals surface area (Å²) in [7, 11) is 1.40. The number of benzene rings is 2. The fraction of sp³-hybridized carbons (Fsp3) is 0.0952. The summed E-state index contributed by atoms with van der Waals surface area (Å²) >= 11 is 5.25. The van der Waals surface area contributed by atoms with Crippen molar-refractivity contribution < 1.29 is 22.3 Å². The molecule has 2 heterocycles. The molecular weight excluding hydrogens is 434 g/mol. The van der Waals surface area contributed by atoms with E-state index in [4.69, 9.17) is 17.0 Å². The summed E-state index contributed by atoms with van der Waals surface area (Å²) in [5.41, 5.74) is -2.05. The molecule has 4 aromatic rings. The number of fused-ring (bicyclic) bond motifs is 1. The third-order valence-electron chi connectivity index (χ3n) is 4.63. The van der Waals surface area contributed by atoms with E-state index in [0.717, 1.165) is 18.2 Å². The fourth-order valence-corrected chi connectivity index (χ4v) is 3.54. The van der Waals surface area contributed by atoms with Crippen LogP contribution in [0.2, 0.25) is 0 Å². The molecule has 4 rings (SSSR count). The minimum atomic E-state index is -4.86. The van der Waals surface area contributed by atoms with Gasteiger partial charge in [0.1, 0.15) is 11.6 Å². The molecule has 0 atom stereocenters. The standard InChI is InChI=1S/C21H13F4N3O2S/c1-30-16-5-3-2-4-15(16)28-18-17(19(29)27-20(28)31)13(21(23,24)25)10-14(26-18)11-6-8-12(22)9-7-11/h2-10H,1H3,(H,27,29,31). The lowest BCUT2D eigenvalue weighted by Crippen LogP contribution is -2.20. The van der Waals surface area contributed by atoms with Crippen molar-refractivity contribution in [3.05, 3.63) is 81.1 Å². The molecule has 0 aliphatic carbocycles. The molecule has 158 valence electrons. The first-order valence-electron chi connectivity index (χ1n) is 8.87. The van der Waals surface area contributed by atoms with E-state index in [-0.39, 0.29) is 21.7 Å². The summed E-state index contributed by atoms with van der Waals surface area (Å²) in [5.74, 6) is -0.233. The molecule has 31 heavy (non-hydrogen) atoms. The molecule has 0 spiro atoms. The number of hydrogen-bond donors (Lipinski definition) is 1. The lowest BCUT2D eigenvalue weighted by molar-refractivity contribution is -0.136. The van der Waals surface area contributed by atoms with Crippen molar-refractivity contribution in [1.82, 2.24) is 14.5 Å². The van der Waals surface area contributed by atoms with E-state index in [0.29, 0.717) is 11.4 Å². The normalized spacial score (nSPS) is 11.6. The second-order valence-corrected chi connectivity index (χ2v) is 6.91. The number of pyridine rings is 1. The molecule has 0 bridgehead atoms. The molecule has 0 unspecified atom stereocenters. The first-order chi connectivity index (χ1) is 14.7. The van der Waals surface area contributed by atoms with E-state index in [1.54, 1.807) is 24.3 Å². The SMILES string of the molecule is COc1ccccc1-n1c(=S)[nH]c(=O)c2c(C(F)(F)F)cc(-c3ccc(F)cc3)nc21. The summed E-state index contributed by atoms with van der Waals surface area (Å²) in [6, 6.07) is 12.1. The van der Waals surface area contributed by atoms with Gasteiger partial charge in [0.25, 0.3) is 5.56 Å². The largest absolute Gasteiger partial charge is 0.495 e. The highest BCUT2D eigenvalue weighted by Gasteiger charge is 2.35. The molecule has 2 aromatic heterocycles. The molecule has 5 nitrogen and oxygen atoms in total. The minimum absolute atomic E-state index is 0.0940. The van der Waals surface area contributed by atoms with Crippen LogP contribution in [0.25, 0.3) is 28.0 Å². The number of halogens is 4. The van der Waals surface area contributed by atoms with Crippen molar-refractivity contribution in [2.75, 3.05) is 7.11 Å². The Morgan fingerprint density at radius 2 is 1.77 bits per heavy atom. The van der Waals surface area contributed by atoms with Crippen molar-refractivity contribution in [3.63, 3.8) is 0 Å². The van der Waals surface area contributed by atoms with Crippen LogP contribution in [0.5, 0.6) is 5.75 Å².